The predicted octanol–water partition coefficient (Wildman–Crippen LogP) is 2.62. The minimum atomic E-state index is -4.62. The van der Waals surface area contributed by atoms with Crippen molar-refractivity contribution >= 4 is 11.3 Å². The minimum absolute atomic E-state index is 0.274. The summed E-state index contributed by atoms with van der Waals surface area (Å²) in [5.74, 6) is 0.328. The Bertz CT molecular complexity index is 332. The van der Waals surface area contributed by atoms with Crippen molar-refractivity contribution in [1.29, 1.82) is 0 Å². The lowest BCUT2D eigenvalue weighted by atomic mass is 10.3. The first-order valence-corrected chi connectivity index (χ1v) is 5.06. The van der Waals surface area contributed by atoms with E-state index in [4.69, 9.17) is 5.11 Å². The number of rotatable bonds is 2. The number of alkyl halides is 3. The molecule has 1 N–H and O–H groups in total. The van der Waals surface area contributed by atoms with Gasteiger partial charge in [0.05, 0.1) is 10.7 Å². The van der Waals surface area contributed by atoms with Crippen LogP contribution >= 0.6 is 11.3 Å². The summed E-state index contributed by atoms with van der Waals surface area (Å²) in [6, 6.07) is 0. The number of hydrogen-bond acceptors (Lipinski definition) is 3. The lowest BCUT2D eigenvalue weighted by molar-refractivity contribution is -0.207. The first-order valence-electron chi connectivity index (χ1n) is 4.18. The summed E-state index contributed by atoms with van der Waals surface area (Å²) in [4.78, 5) is 3.79. The zero-order valence-corrected chi connectivity index (χ0v) is 7.90. The van der Waals surface area contributed by atoms with Crippen molar-refractivity contribution < 1.29 is 18.3 Å². The smallest absolute Gasteiger partial charge is 0.378 e. The molecule has 2 rings (SSSR count). The normalized spacial score (nSPS) is 19.7. The fraction of sp³-hybridized carbons (Fsp3) is 0.625. The molecule has 1 fully saturated rings. The third-order valence-corrected chi connectivity index (χ3v) is 3.08. The molecule has 0 saturated heterocycles. The topological polar surface area (TPSA) is 33.1 Å². The number of halogens is 3. The molecular formula is C8H8F3NOS. The first-order chi connectivity index (χ1) is 6.48. The molecule has 0 bridgehead atoms. The van der Waals surface area contributed by atoms with Crippen LogP contribution in [0.2, 0.25) is 0 Å². The molecule has 1 heterocycles. The molecule has 1 aliphatic carbocycles. The van der Waals surface area contributed by atoms with Crippen molar-refractivity contribution in [3.63, 3.8) is 0 Å². The van der Waals surface area contributed by atoms with Gasteiger partial charge in [0.1, 0.15) is 0 Å². The summed E-state index contributed by atoms with van der Waals surface area (Å²) in [6.07, 6.45) is -5.06. The molecule has 0 unspecified atom stereocenters. The summed E-state index contributed by atoms with van der Waals surface area (Å²) < 4.78 is 36.2. The van der Waals surface area contributed by atoms with E-state index in [9.17, 15) is 13.2 Å². The summed E-state index contributed by atoms with van der Waals surface area (Å²) in [5, 5.41) is 10.9. The molecule has 1 aromatic rings. The molecule has 0 aliphatic heterocycles. The lowest BCUT2D eigenvalue weighted by Crippen LogP contribution is -2.20. The van der Waals surface area contributed by atoms with Gasteiger partial charge in [0, 0.05) is 11.3 Å². The lowest BCUT2D eigenvalue weighted by Gasteiger charge is -2.11. The molecule has 6 heteroatoms. The van der Waals surface area contributed by atoms with Crippen molar-refractivity contribution in [3.8, 4) is 0 Å². The summed E-state index contributed by atoms with van der Waals surface area (Å²) in [7, 11) is 0. The van der Waals surface area contributed by atoms with Crippen LogP contribution in [0.25, 0.3) is 0 Å². The molecular weight excluding hydrogens is 215 g/mol. The van der Waals surface area contributed by atoms with Crippen LogP contribution in [0.15, 0.2) is 5.38 Å². The Kier molecular flexibility index (Phi) is 2.27. The third kappa shape index (κ3) is 1.90. The molecule has 1 atom stereocenters. The maximum atomic E-state index is 12.1. The van der Waals surface area contributed by atoms with E-state index in [1.165, 1.54) is 16.7 Å². The molecule has 1 saturated carbocycles. The highest BCUT2D eigenvalue weighted by Crippen LogP contribution is 2.43. The monoisotopic (exact) mass is 223 g/mol. The Labute approximate surface area is 82.4 Å². The van der Waals surface area contributed by atoms with Crippen molar-refractivity contribution in [2.24, 2.45) is 0 Å². The maximum Gasteiger partial charge on any atom is 0.420 e. The van der Waals surface area contributed by atoms with Gasteiger partial charge in [0.25, 0.3) is 0 Å². The van der Waals surface area contributed by atoms with Gasteiger partial charge in [-0.05, 0) is 12.8 Å². The van der Waals surface area contributed by atoms with Crippen molar-refractivity contribution in [2.45, 2.75) is 31.0 Å². The molecule has 0 spiro atoms. The fourth-order valence-corrected chi connectivity index (χ4v) is 2.12. The SMILES string of the molecule is O[C@@H](c1csc(C2CC2)n1)C(F)(F)F. The quantitative estimate of drug-likeness (QED) is 0.836. The second-order valence-corrected chi connectivity index (χ2v) is 4.22. The minimum Gasteiger partial charge on any atom is -0.378 e. The van der Waals surface area contributed by atoms with Gasteiger partial charge in [-0.25, -0.2) is 4.98 Å². The van der Waals surface area contributed by atoms with Crippen LogP contribution in [-0.4, -0.2) is 16.3 Å². The first kappa shape index (κ1) is 9.92. The standard InChI is InChI=1S/C8H8F3NOS/c9-8(10,11)6(13)5-3-14-7(12-5)4-1-2-4/h3-4,6,13H,1-2H2/t6-/m0/s1. The van der Waals surface area contributed by atoms with Gasteiger partial charge in [0.2, 0.25) is 0 Å². The van der Waals surface area contributed by atoms with Gasteiger partial charge >= 0.3 is 6.18 Å². The van der Waals surface area contributed by atoms with E-state index in [-0.39, 0.29) is 5.69 Å². The molecule has 1 aliphatic rings. The van der Waals surface area contributed by atoms with E-state index in [1.54, 1.807) is 0 Å². The van der Waals surface area contributed by atoms with Crippen LogP contribution in [0, 0.1) is 0 Å². The van der Waals surface area contributed by atoms with Gasteiger partial charge in [-0.1, -0.05) is 0 Å². The van der Waals surface area contributed by atoms with Crippen LogP contribution < -0.4 is 0 Å². The molecule has 0 amide bonds. The fourth-order valence-electron chi connectivity index (χ4n) is 1.11. The van der Waals surface area contributed by atoms with Crippen molar-refractivity contribution in [2.75, 3.05) is 0 Å². The molecule has 1 aromatic heterocycles. The largest absolute Gasteiger partial charge is 0.420 e. The summed E-state index contributed by atoms with van der Waals surface area (Å²) in [6.45, 7) is 0. The van der Waals surface area contributed by atoms with E-state index >= 15 is 0 Å². The highest BCUT2D eigenvalue weighted by molar-refractivity contribution is 7.09. The zero-order chi connectivity index (χ0) is 10.3. The number of hydrogen-bond donors (Lipinski definition) is 1. The highest BCUT2D eigenvalue weighted by Gasteiger charge is 2.41. The Hall–Kier alpha value is -0.620. The Morgan fingerprint density at radius 3 is 2.64 bits per heavy atom. The van der Waals surface area contributed by atoms with Crippen LogP contribution in [-0.2, 0) is 0 Å². The Morgan fingerprint density at radius 1 is 1.50 bits per heavy atom. The number of aliphatic hydroxyl groups is 1. The second-order valence-electron chi connectivity index (χ2n) is 3.33. The summed E-state index contributed by atoms with van der Waals surface area (Å²) >= 11 is 1.19. The number of aromatic nitrogens is 1. The molecule has 0 radical (unpaired) electrons. The number of thiazole rings is 1. The maximum absolute atomic E-state index is 12.1. The van der Waals surface area contributed by atoms with Crippen LogP contribution in [0.5, 0.6) is 0 Å². The average molecular weight is 223 g/mol. The summed E-state index contributed by atoms with van der Waals surface area (Å²) in [5.41, 5.74) is -0.274. The Balaban J connectivity index is 2.15. The van der Waals surface area contributed by atoms with E-state index < -0.39 is 12.3 Å². The highest BCUT2D eigenvalue weighted by atomic mass is 32.1. The van der Waals surface area contributed by atoms with E-state index in [0.717, 1.165) is 12.8 Å². The predicted molar refractivity (Wildman–Crippen MR) is 45.1 cm³/mol. The molecule has 78 valence electrons. The zero-order valence-electron chi connectivity index (χ0n) is 7.08. The Morgan fingerprint density at radius 2 is 2.14 bits per heavy atom. The van der Waals surface area contributed by atoms with Gasteiger partial charge in [-0.15, -0.1) is 11.3 Å². The third-order valence-electron chi connectivity index (χ3n) is 2.06. The van der Waals surface area contributed by atoms with E-state index in [0.29, 0.717) is 10.9 Å². The van der Waals surface area contributed by atoms with Gasteiger partial charge in [-0.3, -0.25) is 0 Å². The van der Waals surface area contributed by atoms with Crippen LogP contribution in [0.1, 0.15) is 35.6 Å². The van der Waals surface area contributed by atoms with Gasteiger partial charge in [0.15, 0.2) is 6.10 Å². The van der Waals surface area contributed by atoms with Crippen LogP contribution in [0.4, 0.5) is 13.2 Å². The van der Waals surface area contributed by atoms with Crippen LogP contribution in [0.3, 0.4) is 0 Å². The number of aliphatic hydroxyl groups excluding tert-OH is 1. The van der Waals surface area contributed by atoms with Crippen molar-refractivity contribution in [1.82, 2.24) is 4.98 Å². The van der Waals surface area contributed by atoms with E-state index in [1.807, 2.05) is 0 Å². The molecule has 0 aromatic carbocycles. The second kappa shape index (κ2) is 3.20. The van der Waals surface area contributed by atoms with Gasteiger partial charge < -0.3 is 5.11 Å². The molecule has 2 nitrogen and oxygen atoms in total. The van der Waals surface area contributed by atoms with Gasteiger partial charge in [-0.2, -0.15) is 13.2 Å². The van der Waals surface area contributed by atoms with E-state index in [2.05, 4.69) is 4.98 Å². The number of nitrogens with zero attached hydrogens (tertiary/aromatic N) is 1. The van der Waals surface area contributed by atoms with Crippen molar-refractivity contribution in [3.05, 3.63) is 16.1 Å². The molecule has 14 heavy (non-hydrogen) atoms. The average Bonchev–Trinajstić information content (AvgIpc) is 2.82.